The molecule has 2 aliphatic heterocycles. The number of carbonyl (C=O) groups excluding carboxylic acids is 2. The number of benzene rings is 1. The number of hydrogen-bond acceptors (Lipinski definition) is 5. The van der Waals surface area contributed by atoms with Crippen LogP contribution in [0.1, 0.15) is 29.6 Å². The molecule has 2 saturated heterocycles. The van der Waals surface area contributed by atoms with Crippen LogP contribution in [0, 0.1) is 5.41 Å². The highest BCUT2D eigenvalue weighted by Gasteiger charge is 2.50. The van der Waals surface area contributed by atoms with E-state index >= 15 is 0 Å². The van der Waals surface area contributed by atoms with E-state index in [9.17, 15) is 22.8 Å². The van der Waals surface area contributed by atoms with Crippen LogP contribution in [0.2, 0.25) is 0 Å². The van der Waals surface area contributed by atoms with E-state index < -0.39 is 17.5 Å². The summed E-state index contributed by atoms with van der Waals surface area (Å²) in [6.07, 6.45) is -3.37. The summed E-state index contributed by atoms with van der Waals surface area (Å²) in [6, 6.07) is 5.03. The van der Waals surface area contributed by atoms with Crippen molar-refractivity contribution >= 4 is 11.9 Å². The van der Waals surface area contributed by atoms with Gasteiger partial charge in [0.25, 0.3) is 5.91 Å². The molecule has 154 valence electrons. The van der Waals surface area contributed by atoms with Crippen molar-refractivity contribution in [1.82, 2.24) is 9.80 Å². The summed E-state index contributed by atoms with van der Waals surface area (Å²) in [6.45, 7) is 1.36. The lowest BCUT2D eigenvalue weighted by molar-refractivity contribution is -0.274. The number of ether oxygens (including phenoxy) is 2. The summed E-state index contributed by atoms with van der Waals surface area (Å²) >= 11 is 0. The Balaban J connectivity index is 1.63. The maximum absolute atomic E-state index is 12.7. The SMILES string of the molecule is CN(C)CC1CC2(CCN(C(=O)c3cccc(OC(F)(F)F)c3)CC2)C(=O)O1. The van der Waals surface area contributed by atoms with Crippen molar-refractivity contribution in [2.45, 2.75) is 31.7 Å². The minimum atomic E-state index is -4.81. The number of likely N-dealkylation sites (N-methyl/N-ethyl adjacent to an activating group) is 1. The molecule has 2 heterocycles. The van der Waals surface area contributed by atoms with Gasteiger partial charge in [-0.2, -0.15) is 0 Å². The average Bonchev–Trinajstić information content (AvgIpc) is 2.88. The number of amides is 1. The molecular formula is C19H23F3N2O4. The molecule has 1 aromatic rings. The zero-order chi connectivity index (χ0) is 20.5. The van der Waals surface area contributed by atoms with Gasteiger partial charge in [-0.15, -0.1) is 13.2 Å². The summed E-state index contributed by atoms with van der Waals surface area (Å²) < 4.78 is 46.5. The highest BCUT2D eigenvalue weighted by molar-refractivity contribution is 5.95. The average molecular weight is 400 g/mol. The molecule has 0 bridgehead atoms. The molecule has 1 spiro atoms. The lowest BCUT2D eigenvalue weighted by Gasteiger charge is -2.36. The number of rotatable bonds is 4. The van der Waals surface area contributed by atoms with Crippen molar-refractivity contribution in [2.24, 2.45) is 5.41 Å². The Morgan fingerprint density at radius 1 is 1.32 bits per heavy atom. The van der Waals surface area contributed by atoms with Crippen molar-refractivity contribution in [2.75, 3.05) is 33.7 Å². The highest BCUT2D eigenvalue weighted by Crippen LogP contribution is 2.43. The first-order valence-corrected chi connectivity index (χ1v) is 9.09. The van der Waals surface area contributed by atoms with Gasteiger partial charge in [0, 0.05) is 31.6 Å². The van der Waals surface area contributed by atoms with Gasteiger partial charge in [-0.25, -0.2) is 0 Å². The molecule has 1 atom stereocenters. The molecule has 6 nitrogen and oxygen atoms in total. The third-order valence-electron chi connectivity index (χ3n) is 5.22. The predicted molar refractivity (Wildman–Crippen MR) is 93.7 cm³/mol. The van der Waals surface area contributed by atoms with E-state index in [-0.39, 0.29) is 23.5 Å². The molecule has 3 rings (SSSR count). The van der Waals surface area contributed by atoms with Crippen molar-refractivity contribution in [3.8, 4) is 5.75 Å². The quantitative estimate of drug-likeness (QED) is 0.728. The minimum absolute atomic E-state index is 0.122. The maximum atomic E-state index is 12.7. The Morgan fingerprint density at radius 3 is 2.61 bits per heavy atom. The fraction of sp³-hybridized carbons (Fsp3) is 0.579. The first-order chi connectivity index (χ1) is 13.1. The molecule has 9 heteroatoms. The molecule has 0 saturated carbocycles. The molecule has 1 aromatic carbocycles. The number of hydrogen-bond donors (Lipinski definition) is 0. The fourth-order valence-corrected chi connectivity index (χ4v) is 3.90. The van der Waals surface area contributed by atoms with Gasteiger partial charge in [-0.1, -0.05) is 6.07 Å². The normalized spacial score (nSPS) is 21.9. The van der Waals surface area contributed by atoms with Crippen molar-refractivity contribution in [3.05, 3.63) is 29.8 Å². The zero-order valence-electron chi connectivity index (χ0n) is 15.8. The number of carbonyl (C=O) groups is 2. The van der Waals surface area contributed by atoms with Crippen LogP contribution in [0.4, 0.5) is 13.2 Å². The lowest BCUT2D eigenvalue weighted by Crippen LogP contribution is -2.45. The summed E-state index contributed by atoms with van der Waals surface area (Å²) in [7, 11) is 3.83. The second kappa shape index (κ2) is 7.62. The Bertz CT molecular complexity index is 743. The second-order valence-corrected chi connectivity index (χ2v) is 7.64. The van der Waals surface area contributed by atoms with Crippen LogP contribution < -0.4 is 4.74 Å². The molecule has 0 N–H and O–H groups in total. The van der Waals surface area contributed by atoms with E-state index in [1.807, 2.05) is 19.0 Å². The van der Waals surface area contributed by atoms with E-state index in [4.69, 9.17) is 4.74 Å². The second-order valence-electron chi connectivity index (χ2n) is 7.64. The summed E-state index contributed by atoms with van der Waals surface area (Å²) in [5.74, 6) is -1.02. The number of alkyl halides is 3. The summed E-state index contributed by atoms with van der Waals surface area (Å²) in [5, 5.41) is 0. The Morgan fingerprint density at radius 2 is 2.00 bits per heavy atom. The highest BCUT2D eigenvalue weighted by atomic mass is 19.4. The van der Waals surface area contributed by atoms with Gasteiger partial charge in [0.2, 0.25) is 0 Å². The van der Waals surface area contributed by atoms with Gasteiger partial charge in [0.15, 0.2) is 0 Å². The number of cyclic esters (lactones) is 1. The number of piperidine rings is 1. The monoisotopic (exact) mass is 400 g/mol. The van der Waals surface area contributed by atoms with Crippen LogP contribution in [0.5, 0.6) is 5.75 Å². The number of halogens is 3. The first-order valence-electron chi connectivity index (χ1n) is 9.09. The minimum Gasteiger partial charge on any atom is -0.461 e. The van der Waals surface area contributed by atoms with Crippen LogP contribution in [-0.4, -0.2) is 67.9 Å². The van der Waals surface area contributed by atoms with E-state index in [0.717, 1.165) is 12.1 Å². The van der Waals surface area contributed by atoms with Crippen LogP contribution >= 0.6 is 0 Å². The summed E-state index contributed by atoms with van der Waals surface area (Å²) in [5.41, 5.74) is -0.448. The fourth-order valence-electron chi connectivity index (χ4n) is 3.90. The van der Waals surface area contributed by atoms with Gasteiger partial charge in [-0.3, -0.25) is 9.59 Å². The Hall–Kier alpha value is -2.29. The predicted octanol–water partition coefficient (Wildman–Crippen LogP) is 2.68. The Kier molecular flexibility index (Phi) is 5.56. The smallest absolute Gasteiger partial charge is 0.461 e. The third-order valence-corrected chi connectivity index (χ3v) is 5.22. The molecule has 0 radical (unpaired) electrons. The maximum Gasteiger partial charge on any atom is 0.573 e. The van der Waals surface area contributed by atoms with Crippen LogP contribution in [0.25, 0.3) is 0 Å². The van der Waals surface area contributed by atoms with Crippen molar-refractivity contribution in [3.63, 3.8) is 0 Å². The van der Waals surface area contributed by atoms with Gasteiger partial charge in [0.05, 0.1) is 5.41 Å². The van der Waals surface area contributed by atoms with Crippen molar-refractivity contribution < 1.29 is 32.2 Å². The van der Waals surface area contributed by atoms with Crippen molar-refractivity contribution in [1.29, 1.82) is 0 Å². The van der Waals surface area contributed by atoms with E-state index in [0.29, 0.717) is 38.9 Å². The van der Waals surface area contributed by atoms with Crippen LogP contribution in [0.15, 0.2) is 24.3 Å². The molecule has 28 heavy (non-hydrogen) atoms. The number of esters is 1. The van der Waals surface area contributed by atoms with E-state index in [1.54, 1.807) is 4.90 Å². The van der Waals surface area contributed by atoms with Gasteiger partial charge >= 0.3 is 12.3 Å². The van der Waals surface area contributed by atoms with E-state index in [2.05, 4.69) is 4.74 Å². The standard InChI is InChI=1S/C19H23F3N2O4/c1-23(2)12-15-11-18(17(26)27-15)6-8-24(9-7-18)16(25)13-4-3-5-14(10-13)28-19(20,21)22/h3-5,10,15H,6-9,11-12H2,1-2H3. The molecule has 0 aromatic heterocycles. The molecule has 1 unspecified atom stereocenters. The van der Waals surface area contributed by atoms with E-state index in [1.165, 1.54) is 12.1 Å². The molecule has 0 aliphatic carbocycles. The van der Waals surface area contributed by atoms with Gasteiger partial charge in [-0.05, 0) is 45.1 Å². The Labute approximate surface area is 161 Å². The largest absolute Gasteiger partial charge is 0.573 e. The van der Waals surface area contributed by atoms with Crippen LogP contribution in [-0.2, 0) is 9.53 Å². The van der Waals surface area contributed by atoms with Gasteiger partial charge < -0.3 is 19.3 Å². The van der Waals surface area contributed by atoms with Crippen LogP contribution in [0.3, 0.4) is 0 Å². The lowest BCUT2D eigenvalue weighted by atomic mass is 9.76. The summed E-state index contributed by atoms with van der Waals surface area (Å²) in [4.78, 5) is 28.6. The third kappa shape index (κ3) is 4.57. The van der Waals surface area contributed by atoms with Gasteiger partial charge in [0.1, 0.15) is 11.9 Å². The number of likely N-dealkylation sites (tertiary alicyclic amines) is 1. The number of nitrogens with zero attached hydrogens (tertiary/aromatic N) is 2. The molecule has 2 fully saturated rings. The topological polar surface area (TPSA) is 59.1 Å². The zero-order valence-corrected chi connectivity index (χ0v) is 15.8. The molecule has 1 amide bonds. The molecular weight excluding hydrogens is 377 g/mol. The molecule has 2 aliphatic rings. The first kappa shape index (κ1) is 20.4.